The van der Waals surface area contributed by atoms with Gasteiger partial charge in [0.15, 0.2) is 5.78 Å². The third kappa shape index (κ3) is 2.47. The number of hydrogen-bond acceptors (Lipinski definition) is 2. The van der Waals surface area contributed by atoms with Gasteiger partial charge < -0.3 is 0 Å². The lowest BCUT2D eigenvalue weighted by Crippen LogP contribution is -1.90. The normalized spacial score (nSPS) is 10.8. The summed E-state index contributed by atoms with van der Waals surface area (Å²) in [7, 11) is 0. The van der Waals surface area contributed by atoms with Crippen LogP contribution in [0.4, 0.5) is 0 Å². The minimum Gasteiger partial charge on any atom is -0.294 e. The summed E-state index contributed by atoms with van der Waals surface area (Å²) in [6.07, 6.45) is 4.01. The number of thiophene rings is 1. The SMILES string of the molecule is CC(=O)c1cscc1C=Cc1ccccc1. The standard InChI is InChI=1S/C14H12OS/c1-11(15)14-10-16-9-13(14)8-7-12-5-3-2-4-6-12/h2-10H,1H3. The lowest BCUT2D eigenvalue weighted by Gasteiger charge is -1.94. The highest BCUT2D eigenvalue weighted by atomic mass is 32.1. The van der Waals surface area contributed by atoms with Gasteiger partial charge in [0.1, 0.15) is 0 Å². The first kappa shape index (κ1) is 10.8. The molecule has 0 aliphatic heterocycles. The Labute approximate surface area is 99.1 Å². The lowest BCUT2D eigenvalue weighted by atomic mass is 10.1. The van der Waals surface area contributed by atoms with E-state index in [1.807, 2.05) is 53.2 Å². The Hall–Kier alpha value is -1.67. The molecular weight excluding hydrogens is 216 g/mol. The van der Waals surface area contributed by atoms with Crippen molar-refractivity contribution in [3.05, 3.63) is 57.8 Å². The fourth-order valence-corrected chi connectivity index (χ4v) is 2.33. The quantitative estimate of drug-likeness (QED) is 0.722. The van der Waals surface area contributed by atoms with Crippen molar-refractivity contribution in [1.82, 2.24) is 0 Å². The molecule has 0 fully saturated rings. The van der Waals surface area contributed by atoms with E-state index in [-0.39, 0.29) is 5.78 Å². The molecule has 0 N–H and O–H groups in total. The second kappa shape index (κ2) is 4.90. The van der Waals surface area contributed by atoms with Crippen LogP contribution in [-0.4, -0.2) is 5.78 Å². The number of ketones is 1. The highest BCUT2D eigenvalue weighted by molar-refractivity contribution is 7.08. The van der Waals surface area contributed by atoms with Gasteiger partial charge in [-0.1, -0.05) is 42.5 Å². The Balaban J connectivity index is 2.24. The molecule has 1 heterocycles. The molecule has 16 heavy (non-hydrogen) atoms. The van der Waals surface area contributed by atoms with Crippen LogP contribution in [0.2, 0.25) is 0 Å². The van der Waals surface area contributed by atoms with Crippen molar-refractivity contribution in [2.75, 3.05) is 0 Å². The van der Waals surface area contributed by atoms with Gasteiger partial charge in [0, 0.05) is 10.9 Å². The molecule has 2 rings (SSSR count). The molecule has 0 aliphatic carbocycles. The van der Waals surface area contributed by atoms with E-state index in [9.17, 15) is 4.79 Å². The van der Waals surface area contributed by atoms with Crippen molar-refractivity contribution < 1.29 is 4.79 Å². The summed E-state index contributed by atoms with van der Waals surface area (Å²) >= 11 is 1.56. The fraction of sp³-hybridized carbons (Fsp3) is 0.0714. The zero-order valence-corrected chi connectivity index (χ0v) is 9.83. The molecule has 0 amide bonds. The Morgan fingerprint density at radius 1 is 1.12 bits per heavy atom. The summed E-state index contributed by atoms with van der Waals surface area (Å²) < 4.78 is 0. The highest BCUT2D eigenvalue weighted by Gasteiger charge is 2.04. The van der Waals surface area contributed by atoms with Crippen LogP contribution in [0.1, 0.15) is 28.4 Å². The van der Waals surface area contributed by atoms with Gasteiger partial charge in [-0.3, -0.25) is 4.79 Å². The summed E-state index contributed by atoms with van der Waals surface area (Å²) in [6, 6.07) is 10.1. The van der Waals surface area contributed by atoms with Crippen LogP contribution in [0.5, 0.6) is 0 Å². The molecule has 1 nitrogen and oxygen atoms in total. The van der Waals surface area contributed by atoms with E-state index in [0.717, 1.165) is 16.7 Å². The average Bonchev–Trinajstić information content (AvgIpc) is 2.76. The van der Waals surface area contributed by atoms with Gasteiger partial charge >= 0.3 is 0 Å². The van der Waals surface area contributed by atoms with Crippen molar-refractivity contribution in [1.29, 1.82) is 0 Å². The molecule has 80 valence electrons. The molecule has 1 aromatic heterocycles. The Bertz CT molecular complexity index is 509. The monoisotopic (exact) mass is 228 g/mol. The summed E-state index contributed by atoms with van der Waals surface area (Å²) in [6.45, 7) is 1.60. The third-order valence-electron chi connectivity index (χ3n) is 2.33. The molecule has 0 bridgehead atoms. The van der Waals surface area contributed by atoms with Gasteiger partial charge in [0.25, 0.3) is 0 Å². The maximum atomic E-state index is 11.3. The van der Waals surface area contributed by atoms with Crippen LogP contribution in [0.15, 0.2) is 41.1 Å². The van der Waals surface area contributed by atoms with E-state index >= 15 is 0 Å². The van der Waals surface area contributed by atoms with E-state index in [0.29, 0.717) is 0 Å². The second-order valence-corrected chi connectivity index (χ2v) is 4.28. The number of Topliss-reactive ketones (excluding diaryl/α,β-unsaturated/α-hetero) is 1. The molecule has 0 radical (unpaired) electrons. The Morgan fingerprint density at radius 3 is 2.56 bits per heavy atom. The van der Waals surface area contributed by atoms with Crippen molar-refractivity contribution in [2.24, 2.45) is 0 Å². The van der Waals surface area contributed by atoms with Crippen LogP contribution in [0, 0.1) is 0 Å². The van der Waals surface area contributed by atoms with E-state index < -0.39 is 0 Å². The molecule has 0 atom stereocenters. The maximum Gasteiger partial charge on any atom is 0.161 e. The fourth-order valence-electron chi connectivity index (χ4n) is 1.47. The van der Waals surface area contributed by atoms with Gasteiger partial charge in [-0.15, -0.1) is 0 Å². The molecular formula is C14H12OS. The number of carbonyl (C=O) groups is 1. The summed E-state index contributed by atoms with van der Waals surface area (Å²) in [5.74, 6) is 0.119. The minimum atomic E-state index is 0.119. The van der Waals surface area contributed by atoms with Crippen molar-refractivity contribution in [3.8, 4) is 0 Å². The van der Waals surface area contributed by atoms with Crippen molar-refractivity contribution >= 4 is 29.3 Å². The highest BCUT2D eigenvalue weighted by Crippen LogP contribution is 2.18. The summed E-state index contributed by atoms with van der Waals surface area (Å²) in [5, 5.41) is 3.89. The smallest absolute Gasteiger partial charge is 0.161 e. The Kier molecular flexibility index (Phi) is 3.32. The molecule has 0 saturated carbocycles. The molecule has 1 aromatic carbocycles. The van der Waals surface area contributed by atoms with Gasteiger partial charge in [-0.2, -0.15) is 11.3 Å². The summed E-state index contributed by atoms with van der Waals surface area (Å²) in [4.78, 5) is 11.3. The zero-order valence-electron chi connectivity index (χ0n) is 9.01. The maximum absolute atomic E-state index is 11.3. The molecule has 2 aromatic rings. The van der Waals surface area contributed by atoms with Crippen molar-refractivity contribution in [3.63, 3.8) is 0 Å². The molecule has 2 heteroatoms. The molecule has 0 saturated heterocycles. The van der Waals surface area contributed by atoms with Crippen LogP contribution in [-0.2, 0) is 0 Å². The van der Waals surface area contributed by atoms with Gasteiger partial charge in [0.2, 0.25) is 0 Å². The predicted molar refractivity (Wildman–Crippen MR) is 69.7 cm³/mol. The van der Waals surface area contributed by atoms with Crippen LogP contribution in [0.3, 0.4) is 0 Å². The van der Waals surface area contributed by atoms with Crippen LogP contribution in [0.25, 0.3) is 12.2 Å². The summed E-state index contributed by atoms with van der Waals surface area (Å²) in [5.41, 5.74) is 2.95. The molecule has 0 spiro atoms. The topological polar surface area (TPSA) is 17.1 Å². The molecule has 0 unspecified atom stereocenters. The second-order valence-electron chi connectivity index (χ2n) is 3.54. The van der Waals surface area contributed by atoms with E-state index in [1.54, 1.807) is 18.3 Å². The van der Waals surface area contributed by atoms with Gasteiger partial charge in [-0.25, -0.2) is 0 Å². The Morgan fingerprint density at radius 2 is 1.88 bits per heavy atom. The lowest BCUT2D eigenvalue weighted by molar-refractivity contribution is 0.101. The first-order chi connectivity index (χ1) is 7.77. The molecule has 0 aliphatic rings. The first-order valence-electron chi connectivity index (χ1n) is 5.07. The van der Waals surface area contributed by atoms with Gasteiger partial charge in [-0.05, 0) is 23.4 Å². The number of carbonyl (C=O) groups excluding carboxylic acids is 1. The minimum absolute atomic E-state index is 0.119. The number of hydrogen-bond donors (Lipinski definition) is 0. The predicted octanol–water partition coefficient (Wildman–Crippen LogP) is 4.12. The van der Waals surface area contributed by atoms with E-state index in [4.69, 9.17) is 0 Å². The first-order valence-corrected chi connectivity index (χ1v) is 6.02. The zero-order chi connectivity index (χ0) is 11.4. The number of rotatable bonds is 3. The largest absolute Gasteiger partial charge is 0.294 e. The van der Waals surface area contributed by atoms with Crippen molar-refractivity contribution in [2.45, 2.75) is 6.92 Å². The van der Waals surface area contributed by atoms with Gasteiger partial charge in [0.05, 0.1) is 0 Å². The number of benzene rings is 1. The van der Waals surface area contributed by atoms with Crippen LogP contribution >= 0.6 is 11.3 Å². The third-order valence-corrected chi connectivity index (χ3v) is 3.09. The average molecular weight is 228 g/mol. The van der Waals surface area contributed by atoms with E-state index in [1.165, 1.54) is 0 Å². The van der Waals surface area contributed by atoms with E-state index in [2.05, 4.69) is 0 Å². The van der Waals surface area contributed by atoms with Crippen LogP contribution < -0.4 is 0 Å².